The van der Waals surface area contributed by atoms with E-state index in [1.807, 2.05) is 24.9 Å². The highest BCUT2D eigenvalue weighted by Crippen LogP contribution is 2.62. The summed E-state index contributed by atoms with van der Waals surface area (Å²) >= 11 is 0. The van der Waals surface area contributed by atoms with E-state index in [9.17, 15) is 9.59 Å². The third-order valence-corrected chi connectivity index (χ3v) is 8.33. The maximum absolute atomic E-state index is 12.8. The Balaban J connectivity index is 1.71. The van der Waals surface area contributed by atoms with Crippen molar-refractivity contribution in [3.63, 3.8) is 0 Å². The summed E-state index contributed by atoms with van der Waals surface area (Å²) < 4.78 is 16.1. The maximum Gasteiger partial charge on any atom is 0.320 e. The molecule has 184 valence electrons. The average Bonchev–Trinajstić information content (AvgIpc) is 3.19. The number of methoxy groups -OCH3 is 1. The van der Waals surface area contributed by atoms with Gasteiger partial charge in [-0.05, 0) is 88.3 Å². The number of aryl methyl sites for hydroxylation is 1. The lowest BCUT2D eigenvalue weighted by atomic mass is 9.46. The summed E-state index contributed by atoms with van der Waals surface area (Å²) in [6, 6.07) is 2.04. The minimum Gasteiger partial charge on any atom is -0.469 e. The molecular weight excluding hydrogens is 418 g/mol. The molecule has 6 nitrogen and oxygen atoms in total. The molecule has 0 N–H and O–H groups in total. The van der Waals surface area contributed by atoms with Crippen LogP contribution >= 0.6 is 0 Å². The predicted molar refractivity (Wildman–Crippen MR) is 127 cm³/mol. The minimum atomic E-state index is -0.419. The van der Waals surface area contributed by atoms with Gasteiger partial charge in [-0.3, -0.25) is 14.5 Å². The highest BCUT2D eigenvalue weighted by molar-refractivity contribution is 5.77. The largest absolute Gasteiger partial charge is 0.469 e. The molecule has 0 saturated heterocycles. The number of furan rings is 1. The Morgan fingerprint density at radius 2 is 2.06 bits per heavy atom. The number of likely N-dealkylation sites (N-methyl/N-ethyl adjacent to an activating group) is 1. The number of fused-ring (bicyclic) bond motifs is 1. The smallest absolute Gasteiger partial charge is 0.320 e. The third kappa shape index (κ3) is 5.21. The van der Waals surface area contributed by atoms with E-state index in [0.717, 1.165) is 50.7 Å². The van der Waals surface area contributed by atoms with Gasteiger partial charge < -0.3 is 13.9 Å². The van der Waals surface area contributed by atoms with Crippen molar-refractivity contribution in [3.8, 4) is 0 Å². The highest BCUT2D eigenvalue weighted by Gasteiger charge is 2.57. The van der Waals surface area contributed by atoms with Gasteiger partial charge in [0.15, 0.2) is 0 Å². The zero-order valence-electron chi connectivity index (χ0n) is 21.1. The van der Waals surface area contributed by atoms with Crippen molar-refractivity contribution in [2.75, 3.05) is 27.3 Å². The lowest BCUT2D eigenvalue weighted by Crippen LogP contribution is -2.53. The van der Waals surface area contributed by atoms with Crippen LogP contribution in [0, 0.1) is 22.7 Å². The van der Waals surface area contributed by atoms with Crippen LogP contribution in [0.25, 0.3) is 0 Å². The van der Waals surface area contributed by atoms with Gasteiger partial charge in [0.1, 0.15) is 5.76 Å². The van der Waals surface area contributed by atoms with Gasteiger partial charge in [-0.15, -0.1) is 0 Å². The van der Waals surface area contributed by atoms with E-state index in [-0.39, 0.29) is 23.9 Å². The summed E-state index contributed by atoms with van der Waals surface area (Å²) in [6.07, 6.45) is 8.64. The number of carbonyl (C=O) groups is 2. The molecule has 3 rings (SSSR count). The Bertz CT molecular complexity index is 860. The van der Waals surface area contributed by atoms with E-state index in [1.54, 1.807) is 6.26 Å². The number of hydrogen-bond donors (Lipinski definition) is 0. The van der Waals surface area contributed by atoms with E-state index in [0.29, 0.717) is 25.0 Å². The van der Waals surface area contributed by atoms with E-state index in [4.69, 9.17) is 13.9 Å². The molecule has 2 aliphatic carbocycles. The Labute approximate surface area is 198 Å². The molecule has 2 aliphatic rings. The van der Waals surface area contributed by atoms with Gasteiger partial charge in [0.25, 0.3) is 0 Å². The number of ether oxygens (including phenoxy) is 2. The van der Waals surface area contributed by atoms with Crippen LogP contribution < -0.4 is 0 Å². The van der Waals surface area contributed by atoms with Crippen LogP contribution in [0.5, 0.6) is 0 Å². The summed E-state index contributed by atoms with van der Waals surface area (Å²) in [7, 11) is 3.41. The first-order valence-corrected chi connectivity index (χ1v) is 12.3. The zero-order chi connectivity index (χ0) is 24.2. The van der Waals surface area contributed by atoms with E-state index in [2.05, 4.69) is 20.4 Å². The van der Waals surface area contributed by atoms with Crippen LogP contribution in [0.3, 0.4) is 0 Å². The van der Waals surface area contributed by atoms with Crippen molar-refractivity contribution in [2.24, 2.45) is 22.7 Å². The molecule has 1 aromatic heterocycles. The average molecular weight is 460 g/mol. The molecule has 4 atom stereocenters. The lowest BCUT2D eigenvalue weighted by molar-refractivity contribution is -0.168. The van der Waals surface area contributed by atoms with Crippen LogP contribution in [-0.4, -0.2) is 44.1 Å². The van der Waals surface area contributed by atoms with Crippen LogP contribution in [0.1, 0.15) is 70.6 Å². The monoisotopic (exact) mass is 459 g/mol. The maximum atomic E-state index is 12.8. The van der Waals surface area contributed by atoms with Crippen LogP contribution in [-0.2, 0) is 32.0 Å². The standard InChI is InChI=1S/C27H41NO5/c1-7-32-24(29)18-28(5)17-22-20(13-16-33-22)10-11-21-19(2)9-12-23-26(21,3)14-8-15-27(23,4)25(30)31-6/h13,16,21,23H,2,7-12,14-15,17-18H2,1,3-6H3/t21-,23+,26-,27+/m1/s1. The van der Waals surface area contributed by atoms with Crippen molar-refractivity contribution in [2.45, 2.75) is 72.3 Å². The predicted octanol–water partition coefficient (Wildman–Crippen LogP) is 5.16. The number of esters is 2. The molecule has 2 saturated carbocycles. The fraction of sp³-hybridized carbons (Fsp3) is 0.704. The molecule has 6 heteroatoms. The minimum absolute atomic E-state index is 0.0428. The van der Waals surface area contributed by atoms with Crippen LogP contribution in [0.15, 0.2) is 28.9 Å². The number of hydrogen-bond acceptors (Lipinski definition) is 6. The SMILES string of the molecule is C=C1CC[C@H]2[C@](C)(CCC[C@]2(C)C(=O)OC)[C@@H]1CCc1ccoc1CN(C)CC(=O)OCC. The van der Waals surface area contributed by atoms with E-state index in [1.165, 1.54) is 18.2 Å². The third-order valence-electron chi connectivity index (χ3n) is 8.33. The first-order valence-electron chi connectivity index (χ1n) is 12.3. The molecule has 1 heterocycles. The Morgan fingerprint density at radius 3 is 2.76 bits per heavy atom. The summed E-state index contributed by atoms with van der Waals surface area (Å²) in [5.74, 6) is 1.28. The normalized spacial score (nSPS) is 29.6. The lowest BCUT2D eigenvalue weighted by Gasteiger charge is -2.57. The van der Waals surface area contributed by atoms with Crippen molar-refractivity contribution in [3.05, 3.63) is 35.8 Å². The fourth-order valence-electron chi connectivity index (χ4n) is 6.72. The zero-order valence-corrected chi connectivity index (χ0v) is 21.1. The van der Waals surface area contributed by atoms with Gasteiger partial charge in [-0.1, -0.05) is 25.5 Å². The summed E-state index contributed by atoms with van der Waals surface area (Å²) in [5, 5.41) is 0. The highest BCUT2D eigenvalue weighted by atomic mass is 16.5. The molecule has 0 aliphatic heterocycles. The van der Waals surface area contributed by atoms with Gasteiger partial charge in [-0.25, -0.2) is 0 Å². The quantitative estimate of drug-likeness (QED) is 0.375. The summed E-state index contributed by atoms with van der Waals surface area (Å²) in [5.41, 5.74) is 2.11. The molecule has 0 amide bonds. The molecule has 0 radical (unpaired) electrons. The van der Waals surface area contributed by atoms with Gasteiger partial charge in [0, 0.05) is 0 Å². The van der Waals surface area contributed by atoms with E-state index >= 15 is 0 Å². The number of carbonyl (C=O) groups excluding carboxylic acids is 2. The van der Waals surface area contributed by atoms with Gasteiger partial charge in [0.2, 0.25) is 0 Å². The molecular formula is C27H41NO5. The van der Waals surface area contributed by atoms with Crippen molar-refractivity contribution in [1.29, 1.82) is 0 Å². The molecule has 1 aromatic rings. The fourth-order valence-corrected chi connectivity index (χ4v) is 6.72. The first kappa shape index (κ1) is 25.5. The summed E-state index contributed by atoms with van der Waals surface area (Å²) in [6.45, 7) is 11.9. The molecule has 0 spiro atoms. The molecule has 33 heavy (non-hydrogen) atoms. The van der Waals surface area contributed by atoms with E-state index < -0.39 is 5.41 Å². The van der Waals surface area contributed by atoms with Crippen molar-refractivity contribution >= 4 is 11.9 Å². The molecule has 0 bridgehead atoms. The Morgan fingerprint density at radius 1 is 1.30 bits per heavy atom. The Kier molecular flexibility index (Phi) is 8.09. The van der Waals surface area contributed by atoms with Gasteiger partial charge in [0.05, 0.1) is 38.5 Å². The number of rotatable bonds is 9. The second kappa shape index (κ2) is 10.5. The molecule has 0 aromatic carbocycles. The van der Waals surface area contributed by atoms with Crippen LogP contribution in [0.4, 0.5) is 0 Å². The first-order chi connectivity index (χ1) is 15.7. The van der Waals surface area contributed by atoms with Crippen LogP contribution in [0.2, 0.25) is 0 Å². The van der Waals surface area contributed by atoms with Crippen molar-refractivity contribution < 1.29 is 23.5 Å². The number of nitrogens with zero attached hydrogens (tertiary/aromatic N) is 1. The Hall–Kier alpha value is -2.08. The second-order valence-electron chi connectivity index (χ2n) is 10.5. The topological polar surface area (TPSA) is 69.0 Å². The van der Waals surface area contributed by atoms with Gasteiger partial charge >= 0.3 is 11.9 Å². The second-order valence-corrected chi connectivity index (χ2v) is 10.5. The molecule has 0 unspecified atom stereocenters. The number of allylic oxidation sites excluding steroid dienone is 1. The molecule has 2 fully saturated rings. The summed E-state index contributed by atoms with van der Waals surface area (Å²) in [4.78, 5) is 26.5. The van der Waals surface area contributed by atoms with Gasteiger partial charge in [-0.2, -0.15) is 0 Å². The van der Waals surface area contributed by atoms with Crippen molar-refractivity contribution in [1.82, 2.24) is 4.90 Å².